The van der Waals surface area contributed by atoms with Crippen molar-refractivity contribution >= 4 is 27.6 Å². The maximum Gasteiger partial charge on any atom is 0.338 e. The molecule has 0 bridgehead atoms. The van der Waals surface area contributed by atoms with Crippen LogP contribution in [-0.4, -0.2) is 44.3 Å². The molecule has 1 N–H and O–H groups in total. The van der Waals surface area contributed by atoms with Gasteiger partial charge in [0.05, 0.1) is 16.1 Å². The molecule has 166 valence electrons. The fourth-order valence-electron chi connectivity index (χ4n) is 3.32. The van der Waals surface area contributed by atoms with Gasteiger partial charge in [0.1, 0.15) is 5.82 Å². The van der Waals surface area contributed by atoms with Crippen molar-refractivity contribution in [2.75, 3.05) is 25.0 Å². The SMILES string of the molecule is Cc1ccc(NC(=O)COC(=O)c2ccc(S(=O)(=O)N3CCCCCC3)cc2)c(F)c1. The zero-order chi connectivity index (χ0) is 22.4. The van der Waals surface area contributed by atoms with E-state index in [1.54, 1.807) is 13.0 Å². The summed E-state index contributed by atoms with van der Waals surface area (Å²) in [5.41, 5.74) is 0.821. The van der Waals surface area contributed by atoms with Crippen LogP contribution in [0, 0.1) is 12.7 Å². The number of hydrogen-bond acceptors (Lipinski definition) is 5. The number of anilines is 1. The molecule has 1 amide bonds. The van der Waals surface area contributed by atoms with Gasteiger partial charge in [0.2, 0.25) is 10.0 Å². The second-order valence-electron chi connectivity index (χ2n) is 7.45. The van der Waals surface area contributed by atoms with Gasteiger partial charge in [-0.1, -0.05) is 18.9 Å². The Morgan fingerprint density at radius 1 is 1.03 bits per heavy atom. The van der Waals surface area contributed by atoms with Crippen LogP contribution in [-0.2, 0) is 19.6 Å². The van der Waals surface area contributed by atoms with E-state index in [1.165, 1.54) is 40.7 Å². The zero-order valence-electron chi connectivity index (χ0n) is 17.3. The molecule has 9 heteroatoms. The van der Waals surface area contributed by atoms with Gasteiger partial charge >= 0.3 is 5.97 Å². The number of esters is 1. The molecule has 1 fully saturated rings. The fourth-order valence-corrected chi connectivity index (χ4v) is 4.83. The lowest BCUT2D eigenvalue weighted by Gasteiger charge is -2.19. The fraction of sp³-hybridized carbons (Fsp3) is 0.364. The third kappa shape index (κ3) is 5.89. The van der Waals surface area contributed by atoms with Crippen LogP contribution in [0.1, 0.15) is 41.6 Å². The first-order chi connectivity index (χ1) is 14.8. The smallest absolute Gasteiger partial charge is 0.338 e. The lowest BCUT2D eigenvalue weighted by Crippen LogP contribution is -2.31. The Morgan fingerprint density at radius 3 is 2.29 bits per heavy atom. The third-order valence-corrected chi connectivity index (χ3v) is 6.94. The van der Waals surface area contributed by atoms with Crippen molar-refractivity contribution < 1.29 is 27.1 Å². The average Bonchev–Trinajstić information content (AvgIpc) is 3.04. The summed E-state index contributed by atoms with van der Waals surface area (Å²) >= 11 is 0. The summed E-state index contributed by atoms with van der Waals surface area (Å²) in [5.74, 6) is -2.05. The third-order valence-electron chi connectivity index (χ3n) is 5.03. The van der Waals surface area contributed by atoms with Gasteiger partial charge in [0, 0.05) is 13.1 Å². The van der Waals surface area contributed by atoms with Crippen molar-refractivity contribution in [3.05, 3.63) is 59.4 Å². The summed E-state index contributed by atoms with van der Waals surface area (Å²) in [6.07, 6.45) is 3.69. The predicted molar refractivity (Wildman–Crippen MR) is 114 cm³/mol. The number of aryl methyl sites for hydroxylation is 1. The first-order valence-corrected chi connectivity index (χ1v) is 11.5. The summed E-state index contributed by atoms with van der Waals surface area (Å²) in [7, 11) is -3.61. The van der Waals surface area contributed by atoms with Crippen molar-refractivity contribution in [2.45, 2.75) is 37.5 Å². The highest BCUT2D eigenvalue weighted by atomic mass is 32.2. The summed E-state index contributed by atoms with van der Waals surface area (Å²) in [4.78, 5) is 24.2. The summed E-state index contributed by atoms with van der Waals surface area (Å²) in [6, 6.07) is 9.77. The van der Waals surface area contributed by atoms with Crippen molar-refractivity contribution in [3.63, 3.8) is 0 Å². The Hall–Kier alpha value is -2.78. The number of nitrogens with one attached hydrogen (secondary N) is 1. The maximum atomic E-state index is 13.8. The van der Waals surface area contributed by atoms with Gasteiger partial charge in [0.25, 0.3) is 5.91 Å². The number of carbonyl (C=O) groups excluding carboxylic acids is 2. The molecular weight excluding hydrogens is 423 g/mol. The van der Waals surface area contributed by atoms with Gasteiger partial charge in [0.15, 0.2) is 6.61 Å². The minimum atomic E-state index is -3.61. The van der Waals surface area contributed by atoms with E-state index in [0.717, 1.165) is 25.7 Å². The molecule has 1 saturated heterocycles. The number of nitrogens with zero attached hydrogens (tertiary/aromatic N) is 1. The van der Waals surface area contributed by atoms with Crippen LogP contribution in [0.3, 0.4) is 0 Å². The molecule has 0 saturated carbocycles. The second kappa shape index (κ2) is 10.0. The molecule has 0 atom stereocenters. The molecule has 1 aliphatic rings. The molecule has 0 unspecified atom stereocenters. The minimum absolute atomic E-state index is 0.00489. The van der Waals surface area contributed by atoms with Gasteiger partial charge in [-0.15, -0.1) is 0 Å². The van der Waals surface area contributed by atoms with E-state index in [1.807, 2.05) is 0 Å². The Kier molecular flexibility index (Phi) is 7.40. The standard InChI is InChI=1S/C22H25FN2O5S/c1-16-6-11-20(19(23)14-16)24-21(26)15-30-22(27)17-7-9-18(10-8-17)31(28,29)25-12-4-2-3-5-13-25/h6-11,14H,2-5,12-13,15H2,1H3,(H,24,26). The average molecular weight is 449 g/mol. The molecule has 1 aliphatic heterocycles. The number of halogens is 1. The van der Waals surface area contributed by atoms with Crippen LogP contribution in [0.25, 0.3) is 0 Å². The predicted octanol–water partition coefficient (Wildman–Crippen LogP) is 3.49. The van der Waals surface area contributed by atoms with E-state index in [-0.39, 0.29) is 16.1 Å². The summed E-state index contributed by atoms with van der Waals surface area (Å²) in [6.45, 7) is 2.10. The molecule has 31 heavy (non-hydrogen) atoms. The van der Waals surface area contributed by atoms with Gasteiger partial charge in [-0.3, -0.25) is 4.79 Å². The zero-order valence-corrected chi connectivity index (χ0v) is 18.1. The minimum Gasteiger partial charge on any atom is -0.452 e. The molecule has 2 aromatic carbocycles. The highest BCUT2D eigenvalue weighted by Crippen LogP contribution is 2.21. The second-order valence-corrected chi connectivity index (χ2v) is 9.39. The van der Waals surface area contributed by atoms with Gasteiger partial charge < -0.3 is 10.1 Å². The first kappa shape index (κ1) is 22.9. The number of carbonyl (C=O) groups is 2. The molecule has 3 rings (SSSR count). The van der Waals surface area contributed by atoms with Crippen molar-refractivity contribution in [1.29, 1.82) is 0 Å². The van der Waals surface area contributed by atoms with Crippen LogP contribution in [0.2, 0.25) is 0 Å². The molecule has 1 heterocycles. The number of amides is 1. The van der Waals surface area contributed by atoms with Crippen molar-refractivity contribution in [2.24, 2.45) is 0 Å². The van der Waals surface area contributed by atoms with E-state index in [2.05, 4.69) is 5.32 Å². The van der Waals surface area contributed by atoms with E-state index in [4.69, 9.17) is 4.74 Å². The molecule has 0 radical (unpaired) electrons. The van der Waals surface area contributed by atoms with Crippen molar-refractivity contribution in [1.82, 2.24) is 4.31 Å². The monoisotopic (exact) mass is 448 g/mol. The quantitative estimate of drug-likeness (QED) is 0.683. The Morgan fingerprint density at radius 2 is 1.68 bits per heavy atom. The summed E-state index contributed by atoms with van der Waals surface area (Å²) < 4.78 is 45.8. The van der Waals surface area contributed by atoms with Crippen LogP contribution >= 0.6 is 0 Å². The van der Waals surface area contributed by atoms with Crippen LogP contribution < -0.4 is 5.32 Å². The van der Waals surface area contributed by atoms with E-state index in [9.17, 15) is 22.4 Å². The van der Waals surface area contributed by atoms with Gasteiger partial charge in [-0.05, 0) is 61.7 Å². The molecular formula is C22H25FN2O5S. The molecule has 0 aromatic heterocycles. The van der Waals surface area contributed by atoms with E-state index >= 15 is 0 Å². The Labute approximate surface area is 181 Å². The number of ether oxygens (including phenoxy) is 1. The molecule has 0 aliphatic carbocycles. The largest absolute Gasteiger partial charge is 0.452 e. The maximum absolute atomic E-state index is 13.8. The van der Waals surface area contributed by atoms with Crippen LogP contribution in [0.4, 0.5) is 10.1 Å². The van der Waals surface area contributed by atoms with Gasteiger partial charge in [-0.25, -0.2) is 17.6 Å². The Bertz CT molecular complexity index is 1050. The first-order valence-electron chi connectivity index (χ1n) is 10.1. The molecule has 7 nitrogen and oxygen atoms in total. The highest BCUT2D eigenvalue weighted by Gasteiger charge is 2.25. The van der Waals surface area contributed by atoms with Gasteiger partial charge in [-0.2, -0.15) is 4.31 Å². The van der Waals surface area contributed by atoms with Crippen molar-refractivity contribution in [3.8, 4) is 0 Å². The normalized spacial score (nSPS) is 15.2. The highest BCUT2D eigenvalue weighted by molar-refractivity contribution is 7.89. The molecule has 2 aromatic rings. The molecule has 0 spiro atoms. The van der Waals surface area contributed by atoms with E-state index in [0.29, 0.717) is 18.7 Å². The number of hydrogen-bond donors (Lipinski definition) is 1. The van der Waals surface area contributed by atoms with Crippen LogP contribution in [0.15, 0.2) is 47.4 Å². The van der Waals surface area contributed by atoms with E-state index < -0.39 is 34.3 Å². The lowest BCUT2D eigenvalue weighted by molar-refractivity contribution is -0.119. The Balaban J connectivity index is 1.58. The number of sulfonamides is 1. The van der Waals surface area contributed by atoms with Crippen LogP contribution in [0.5, 0.6) is 0 Å². The number of rotatable bonds is 6. The lowest BCUT2D eigenvalue weighted by atomic mass is 10.2. The number of benzene rings is 2. The topological polar surface area (TPSA) is 92.8 Å². The summed E-state index contributed by atoms with van der Waals surface area (Å²) in [5, 5.41) is 2.34.